The molecule has 0 spiro atoms. The van der Waals surface area contributed by atoms with Crippen molar-refractivity contribution in [2.24, 2.45) is 11.3 Å². The Morgan fingerprint density at radius 1 is 1.21 bits per heavy atom. The lowest BCUT2D eigenvalue weighted by molar-refractivity contribution is -0.147. The highest BCUT2D eigenvalue weighted by Gasteiger charge is 2.31. The largest absolute Gasteiger partial charge is 0.458 e. The molecule has 1 heterocycles. The predicted molar refractivity (Wildman–Crippen MR) is 153 cm³/mol. The predicted octanol–water partition coefficient (Wildman–Crippen LogP) is 5.39. The number of carbonyl (C=O) groups excluding carboxylic acids is 3. The van der Waals surface area contributed by atoms with Crippen LogP contribution in [0.15, 0.2) is 71.0 Å². The summed E-state index contributed by atoms with van der Waals surface area (Å²) in [5.74, 6) is -0.960. The van der Waals surface area contributed by atoms with Crippen molar-refractivity contribution in [1.29, 1.82) is 0 Å². The highest BCUT2D eigenvalue weighted by atomic mass is 35.5. The van der Waals surface area contributed by atoms with Gasteiger partial charge >= 0.3 is 5.97 Å². The Morgan fingerprint density at radius 2 is 1.87 bits per heavy atom. The van der Waals surface area contributed by atoms with Crippen molar-refractivity contribution in [1.82, 2.24) is 10.6 Å². The highest BCUT2D eigenvalue weighted by Crippen LogP contribution is 2.22. The van der Waals surface area contributed by atoms with Gasteiger partial charge in [-0.05, 0) is 45.2 Å². The Balaban J connectivity index is 2.63. The van der Waals surface area contributed by atoms with Gasteiger partial charge in [-0.1, -0.05) is 87.4 Å². The second-order valence-electron chi connectivity index (χ2n) is 10.7. The Kier molecular flexibility index (Phi) is 14.1. The number of nitrogens with one attached hydrogen (secondary N) is 2. The van der Waals surface area contributed by atoms with E-state index in [1.54, 1.807) is 38.2 Å². The first-order valence-corrected chi connectivity index (χ1v) is 13.3. The molecule has 3 N–H and O–H groups in total. The molecule has 38 heavy (non-hydrogen) atoms. The van der Waals surface area contributed by atoms with E-state index in [1.165, 1.54) is 12.3 Å². The number of amides is 2. The molecule has 0 aliphatic carbocycles. The second-order valence-corrected chi connectivity index (χ2v) is 11.3. The maximum absolute atomic E-state index is 12.7. The molecular formula is C30H43ClN2O5. The number of rotatable bonds is 12. The lowest BCUT2D eigenvalue weighted by atomic mass is 9.86. The Morgan fingerprint density at radius 3 is 2.47 bits per heavy atom. The van der Waals surface area contributed by atoms with E-state index >= 15 is 0 Å². The van der Waals surface area contributed by atoms with Gasteiger partial charge in [0.25, 0.3) is 0 Å². The SMILES string of the molecule is CC1=CC[C@@H]([C@@H](C)/C=C(C)/C=C\C=C/C(=O)N[C@H](C(=O)N/C=C\C[C@@H](O)C/C=C(\C)Cl)C(C)(C)C)OC1=O. The van der Waals surface area contributed by atoms with E-state index in [0.29, 0.717) is 29.9 Å². The number of carbonyl (C=O) groups is 3. The summed E-state index contributed by atoms with van der Waals surface area (Å²) in [6, 6.07) is -0.765. The van der Waals surface area contributed by atoms with Crippen molar-refractivity contribution in [2.45, 2.75) is 86.0 Å². The third kappa shape index (κ3) is 13.1. The molecule has 0 saturated carbocycles. The zero-order chi connectivity index (χ0) is 28.9. The minimum absolute atomic E-state index is 0.0512. The van der Waals surface area contributed by atoms with E-state index < -0.39 is 23.5 Å². The number of esters is 1. The lowest BCUT2D eigenvalue weighted by Gasteiger charge is -2.29. The van der Waals surface area contributed by atoms with Crippen LogP contribution in [0, 0.1) is 11.3 Å². The summed E-state index contributed by atoms with van der Waals surface area (Å²) in [6.07, 6.45) is 16.1. The molecule has 8 heteroatoms. The molecule has 0 fully saturated rings. The molecule has 0 radical (unpaired) electrons. The summed E-state index contributed by atoms with van der Waals surface area (Å²) >= 11 is 5.76. The number of allylic oxidation sites excluding steroid dienone is 5. The smallest absolute Gasteiger partial charge is 0.333 e. The van der Waals surface area contributed by atoms with Crippen molar-refractivity contribution in [3.05, 3.63) is 71.0 Å². The fourth-order valence-electron chi connectivity index (χ4n) is 3.61. The van der Waals surface area contributed by atoms with Crippen molar-refractivity contribution in [2.75, 3.05) is 0 Å². The highest BCUT2D eigenvalue weighted by molar-refractivity contribution is 6.29. The molecule has 0 saturated heterocycles. The zero-order valence-electron chi connectivity index (χ0n) is 23.6. The van der Waals surface area contributed by atoms with Crippen LogP contribution in [0.2, 0.25) is 0 Å². The number of halogens is 1. The van der Waals surface area contributed by atoms with Gasteiger partial charge in [0.2, 0.25) is 11.8 Å². The number of ether oxygens (including phenoxy) is 1. The van der Waals surface area contributed by atoms with Crippen LogP contribution in [0.4, 0.5) is 0 Å². The summed E-state index contributed by atoms with van der Waals surface area (Å²) in [5.41, 5.74) is 1.09. The van der Waals surface area contributed by atoms with Crippen LogP contribution in [0.1, 0.15) is 67.7 Å². The summed E-state index contributed by atoms with van der Waals surface area (Å²) in [5, 5.41) is 16.0. The van der Waals surface area contributed by atoms with Gasteiger partial charge in [-0.15, -0.1) is 0 Å². The molecule has 1 rings (SSSR count). The van der Waals surface area contributed by atoms with E-state index in [4.69, 9.17) is 16.3 Å². The van der Waals surface area contributed by atoms with E-state index in [9.17, 15) is 19.5 Å². The van der Waals surface area contributed by atoms with Crippen LogP contribution in [0.3, 0.4) is 0 Å². The second kappa shape index (κ2) is 16.1. The molecule has 0 aromatic rings. The molecule has 0 unspecified atom stereocenters. The number of aliphatic hydroxyl groups is 1. The maximum atomic E-state index is 12.7. The standard InChI is InChI=1S/C30H43ClN2O5/c1-20(19-22(3)25-17-14-21(2)29(37)38-25)11-8-9-13-26(35)33-27(30(5,6)7)28(36)32-18-10-12-24(34)16-15-23(4)31/h8-11,13-15,18-19,22,24-25,27,34H,12,16-17H2,1-7H3,(H,32,36)(H,33,35)/b11-8-,13-9-,18-10-,20-19+,23-15+/t22-,24+,25-,27+/m0/s1. The average molecular weight is 547 g/mol. The van der Waals surface area contributed by atoms with Gasteiger partial charge in [-0.25, -0.2) is 4.79 Å². The van der Waals surface area contributed by atoms with Gasteiger partial charge in [0.15, 0.2) is 0 Å². The summed E-state index contributed by atoms with van der Waals surface area (Å²) in [4.78, 5) is 37.0. The van der Waals surface area contributed by atoms with Crippen molar-refractivity contribution >= 4 is 29.4 Å². The first-order chi connectivity index (χ1) is 17.7. The van der Waals surface area contributed by atoms with Crippen LogP contribution in [-0.4, -0.2) is 41.1 Å². The van der Waals surface area contributed by atoms with Crippen molar-refractivity contribution in [3.8, 4) is 0 Å². The fraction of sp³-hybridized carbons (Fsp3) is 0.500. The van der Waals surface area contributed by atoms with Crippen molar-refractivity contribution < 1.29 is 24.2 Å². The number of aliphatic hydroxyl groups excluding tert-OH is 1. The third-order valence-corrected chi connectivity index (χ3v) is 6.06. The van der Waals surface area contributed by atoms with Gasteiger partial charge in [-0.3, -0.25) is 9.59 Å². The Bertz CT molecular complexity index is 1010. The Labute approximate surface area is 232 Å². The zero-order valence-corrected chi connectivity index (χ0v) is 24.3. The molecule has 0 aromatic carbocycles. The molecule has 0 aromatic heterocycles. The van der Waals surface area contributed by atoms with E-state index in [-0.39, 0.29) is 23.9 Å². The molecule has 1 aliphatic heterocycles. The summed E-state index contributed by atoms with van der Waals surface area (Å²) < 4.78 is 5.46. The quantitative estimate of drug-likeness (QED) is 0.173. The average Bonchev–Trinajstić information content (AvgIpc) is 2.82. The van der Waals surface area contributed by atoms with E-state index in [0.717, 1.165) is 5.57 Å². The molecule has 2 amide bonds. The lowest BCUT2D eigenvalue weighted by Crippen LogP contribution is -2.52. The fourth-order valence-corrected chi connectivity index (χ4v) is 3.70. The van der Waals surface area contributed by atoms with Gasteiger partial charge < -0.3 is 20.5 Å². The maximum Gasteiger partial charge on any atom is 0.333 e. The number of hydrogen-bond donors (Lipinski definition) is 3. The van der Waals surface area contributed by atoms with E-state index in [2.05, 4.69) is 10.6 Å². The number of cyclic esters (lactones) is 1. The Hall–Kier alpha value is -2.90. The molecule has 1 aliphatic rings. The first kappa shape index (κ1) is 33.1. The summed E-state index contributed by atoms with van der Waals surface area (Å²) in [6.45, 7) is 13.0. The van der Waals surface area contributed by atoms with Gasteiger partial charge in [0, 0.05) is 29.0 Å². The van der Waals surface area contributed by atoms with Gasteiger partial charge in [0.1, 0.15) is 12.1 Å². The van der Waals surface area contributed by atoms with Gasteiger partial charge in [0.05, 0.1) is 6.10 Å². The molecule has 7 nitrogen and oxygen atoms in total. The van der Waals surface area contributed by atoms with E-state index in [1.807, 2.05) is 52.8 Å². The minimum atomic E-state index is -0.765. The molecule has 210 valence electrons. The molecular weight excluding hydrogens is 504 g/mol. The van der Waals surface area contributed by atoms with Gasteiger partial charge in [-0.2, -0.15) is 0 Å². The van der Waals surface area contributed by atoms with Crippen LogP contribution in [-0.2, 0) is 19.1 Å². The monoisotopic (exact) mass is 546 g/mol. The first-order valence-electron chi connectivity index (χ1n) is 12.9. The third-order valence-electron chi connectivity index (χ3n) is 5.90. The van der Waals surface area contributed by atoms with Crippen LogP contribution in [0.5, 0.6) is 0 Å². The van der Waals surface area contributed by atoms with Crippen molar-refractivity contribution in [3.63, 3.8) is 0 Å². The normalized spacial score (nSPS) is 19.9. The van der Waals surface area contributed by atoms with Crippen LogP contribution in [0.25, 0.3) is 0 Å². The van der Waals surface area contributed by atoms with Crippen LogP contribution < -0.4 is 10.6 Å². The topological polar surface area (TPSA) is 105 Å². The number of hydrogen-bond acceptors (Lipinski definition) is 5. The molecule has 4 atom stereocenters. The minimum Gasteiger partial charge on any atom is -0.458 e. The summed E-state index contributed by atoms with van der Waals surface area (Å²) in [7, 11) is 0. The molecule has 0 bridgehead atoms. The van der Waals surface area contributed by atoms with Crippen LogP contribution >= 0.6 is 11.6 Å².